The summed E-state index contributed by atoms with van der Waals surface area (Å²) in [5.41, 5.74) is 1.17. The van der Waals surface area contributed by atoms with Crippen LogP contribution < -0.4 is 14.8 Å². The third-order valence-corrected chi connectivity index (χ3v) is 4.29. The molecule has 6 nitrogen and oxygen atoms in total. The van der Waals surface area contributed by atoms with Crippen LogP contribution in [0.5, 0.6) is 11.5 Å². The second-order valence-corrected chi connectivity index (χ2v) is 6.30. The maximum absolute atomic E-state index is 5.44. The maximum Gasteiger partial charge on any atom is 0.193 e. The van der Waals surface area contributed by atoms with Gasteiger partial charge in [-0.15, -0.1) is 24.0 Å². The second-order valence-electron chi connectivity index (χ2n) is 6.30. The summed E-state index contributed by atoms with van der Waals surface area (Å²) < 4.78 is 10.8. The van der Waals surface area contributed by atoms with Gasteiger partial charge in [0, 0.05) is 27.2 Å². The normalized spacial score (nSPS) is 12.4. The Bertz CT molecular complexity index is 552. The zero-order valence-corrected chi connectivity index (χ0v) is 19.5. The summed E-state index contributed by atoms with van der Waals surface area (Å²) in [4.78, 5) is 8.75. The predicted molar refractivity (Wildman–Crippen MR) is 120 cm³/mol. The van der Waals surface area contributed by atoms with Gasteiger partial charge in [-0.1, -0.05) is 19.4 Å². The number of aliphatic imine (C=N–C) groups is 1. The van der Waals surface area contributed by atoms with Crippen LogP contribution in [-0.2, 0) is 0 Å². The molecule has 0 saturated carbocycles. The average Bonchev–Trinajstić information content (AvgIpc) is 2.62. The van der Waals surface area contributed by atoms with Crippen LogP contribution in [0.15, 0.2) is 23.2 Å². The van der Waals surface area contributed by atoms with E-state index in [-0.39, 0.29) is 30.0 Å². The molecule has 1 unspecified atom stereocenters. The lowest BCUT2D eigenvalue weighted by molar-refractivity contribution is 0.293. The largest absolute Gasteiger partial charge is 0.493 e. The van der Waals surface area contributed by atoms with Gasteiger partial charge in [-0.05, 0) is 38.2 Å². The highest BCUT2D eigenvalue weighted by molar-refractivity contribution is 14.0. The zero-order chi connectivity index (χ0) is 18.8. The van der Waals surface area contributed by atoms with Crippen LogP contribution >= 0.6 is 24.0 Å². The lowest BCUT2D eigenvalue weighted by Gasteiger charge is -2.28. The van der Waals surface area contributed by atoms with Crippen molar-refractivity contribution in [2.45, 2.75) is 25.8 Å². The molecule has 0 fully saturated rings. The summed E-state index contributed by atoms with van der Waals surface area (Å²) in [5, 5.41) is 3.49. The van der Waals surface area contributed by atoms with Crippen LogP contribution in [0.2, 0.25) is 0 Å². The molecule has 0 bridgehead atoms. The Hall–Kier alpha value is -1.22. The lowest BCUT2D eigenvalue weighted by atomic mass is 10.1. The summed E-state index contributed by atoms with van der Waals surface area (Å²) in [6.07, 6.45) is 2.33. The first-order valence-electron chi connectivity index (χ1n) is 8.78. The Morgan fingerprint density at radius 2 is 1.81 bits per heavy atom. The Labute approximate surface area is 176 Å². The van der Waals surface area contributed by atoms with Crippen LogP contribution in [0.1, 0.15) is 31.4 Å². The summed E-state index contributed by atoms with van der Waals surface area (Å²) in [5.74, 6) is 2.41. The fourth-order valence-electron chi connectivity index (χ4n) is 2.73. The van der Waals surface area contributed by atoms with E-state index in [4.69, 9.17) is 9.47 Å². The fourth-order valence-corrected chi connectivity index (χ4v) is 2.73. The van der Waals surface area contributed by atoms with Crippen LogP contribution in [0.25, 0.3) is 0 Å². The zero-order valence-electron chi connectivity index (χ0n) is 17.2. The molecular formula is C19H35IN4O2. The molecule has 0 aliphatic rings. The van der Waals surface area contributed by atoms with E-state index >= 15 is 0 Å². The topological polar surface area (TPSA) is 49.3 Å². The summed E-state index contributed by atoms with van der Waals surface area (Å²) >= 11 is 0. The van der Waals surface area contributed by atoms with Gasteiger partial charge in [-0.3, -0.25) is 4.99 Å². The minimum Gasteiger partial charge on any atom is -0.493 e. The van der Waals surface area contributed by atoms with Crippen LogP contribution in [-0.4, -0.2) is 71.3 Å². The molecule has 0 saturated heterocycles. The first-order chi connectivity index (χ1) is 12.0. The molecule has 150 valence electrons. The number of likely N-dealkylation sites (N-methyl/N-ethyl adjacent to an activating group) is 1. The van der Waals surface area contributed by atoms with Gasteiger partial charge in [0.2, 0.25) is 0 Å². The van der Waals surface area contributed by atoms with Crippen molar-refractivity contribution in [1.82, 2.24) is 15.1 Å². The smallest absolute Gasteiger partial charge is 0.193 e. The highest BCUT2D eigenvalue weighted by atomic mass is 127. The van der Waals surface area contributed by atoms with Gasteiger partial charge in [0.25, 0.3) is 0 Å². The van der Waals surface area contributed by atoms with Gasteiger partial charge in [0.15, 0.2) is 17.5 Å². The fraction of sp³-hybridized carbons (Fsp3) is 0.632. The number of guanidine groups is 1. The Morgan fingerprint density at radius 3 is 2.31 bits per heavy atom. The number of hydrogen-bond acceptors (Lipinski definition) is 4. The third kappa shape index (κ3) is 7.19. The molecule has 1 aromatic rings. The predicted octanol–water partition coefficient (Wildman–Crippen LogP) is 3.23. The van der Waals surface area contributed by atoms with Gasteiger partial charge in [-0.2, -0.15) is 0 Å². The van der Waals surface area contributed by atoms with E-state index in [1.54, 1.807) is 14.2 Å². The molecule has 0 aliphatic carbocycles. The summed E-state index contributed by atoms with van der Waals surface area (Å²) in [6.45, 7) is 3.95. The molecule has 7 heteroatoms. The molecule has 1 atom stereocenters. The average molecular weight is 478 g/mol. The van der Waals surface area contributed by atoms with E-state index in [0.717, 1.165) is 37.0 Å². The maximum atomic E-state index is 5.44. The Balaban J connectivity index is 0.00000625. The SMILES string of the molecule is CCCCN(C)C(=NC)NCC(c1ccc(OC)c(OC)c1)N(C)C.I. The Morgan fingerprint density at radius 1 is 1.15 bits per heavy atom. The van der Waals surface area contributed by atoms with Crippen molar-refractivity contribution in [2.24, 2.45) is 4.99 Å². The number of ether oxygens (including phenoxy) is 2. The number of nitrogens with zero attached hydrogens (tertiary/aromatic N) is 3. The molecule has 0 radical (unpaired) electrons. The van der Waals surface area contributed by atoms with E-state index in [9.17, 15) is 0 Å². The molecule has 0 heterocycles. The van der Waals surface area contributed by atoms with Crippen molar-refractivity contribution < 1.29 is 9.47 Å². The number of rotatable bonds is 9. The van der Waals surface area contributed by atoms with Gasteiger partial charge >= 0.3 is 0 Å². The number of hydrogen-bond donors (Lipinski definition) is 1. The van der Waals surface area contributed by atoms with Crippen molar-refractivity contribution >= 4 is 29.9 Å². The molecule has 1 aromatic carbocycles. The van der Waals surface area contributed by atoms with Gasteiger partial charge in [0.1, 0.15) is 0 Å². The number of benzene rings is 1. The van der Waals surface area contributed by atoms with E-state index in [2.05, 4.69) is 54.2 Å². The lowest BCUT2D eigenvalue weighted by Crippen LogP contribution is -2.43. The van der Waals surface area contributed by atoms with E-state index in [1.165, 1.54) is 12.0 Å². The molecule has 0 aliphatic heterocycles. The van der Waals surface area contributed by atoms with Crippen molar-refractivity contribution in [3.8, 4) is 11.5 Å². The molecular weight excluding hydrogens is 443 g/mol. The first-order valence-corrected chi connectivity index (χ1v) is 8.78. The van der Waals surface area contributed by atoms with Gasteiger partial charge < -0.3 is 24.6 Å². The Kier molecular flexibility index (Phi) is 12.4. The minimum absolute atomic E-state index is 0. The standard InChI is InChI=1S/C19H34N4O2.HI/c1-8-9-12-23(5)19(20-2)21-14-16(22(3)4)15-10-11-17(24-6)18(13-15)25-7;/h10-11,13,16H,8-9,12,14H2,1-7H3,(H,20,21);1H. The monoisotopic (exact) mass is 478 g/mol. The van der Waals surface area contributed by atoms with Crippen molar-refractivity contribution in [1.29, 1.82) is 0 Å². The van der Waals surface area contributed by atoms with Crippen molar-refractivity contribution in [3.63, 3.8) is 0 Å². The number of methoxy groups -OCH3 is 2. The molecule has 26 heavy (non-hydrogen) atoms. The van der Waals surface area contributed by atoms with Crippen LogP contribution in [0.3, 0.4) is 0 Å². The van der Waals surface area contributed by atoms with Crippen molar-refractivity contribution in [2.75, 3.05) is 55.5 Å². The molecule has 0 amide bonds. The van der Waals surface area contributed by atoms with Gasteiger partial charge in [0.05, 0.1) is 20.3 Å². The highest BCUT2D eigenvalue weighted by Gasteiger charge is 2.18. The van der Waals surface area contributed by atoms with E-state index in [1.807, 2.05) is 19.2 Å². The molecule has 0 spiro atoms. The van der Waals surface area contributed by atoms with Crippen LogP contribution in [0, 0.1) is 0 Å². The number of halogens is 1. The first kappa shape index (κ1) is 24.8. The molecule has 0 aromatic heterocycles. The van der Waals surface area contributed by atoms with E-state index in [0.29, 0.717) is 0 Å². The van der Waals surface area contributed by atoms with Crippen LogP contribution in [0.4, 0.5) is 0 Å². The van der Waals surface area contributed by atoms with Crippen molar-refractivity contribution in [3.05, 3.63) is 23.8 Å². The third-order valence-electron chi connectivity index (χ3n) is 4.29. The minimum atomic E-state index is 0. The number of nitrogens with one attached hydrogen (secondary N) is 1. The highest BCUT2D eigenvalue weighted by Crippen LogP contribution is 2.31. The quantitative estimate of drug-likeness (QED) is 0.336. The number of unbranched alkanes of at least 4 members (excludes halogenated alkanes) is 1. The molecule has 1 rings (SSSR count). The second kappa shape index (κ2) is 13.0. The summed E-state index contributed by atoms with van der Waals surface area (Å²) in [6, 6.07) is 6.26. The summed E-state index contributed by atoms with van der Waals surface area (Å²) in [7, 11) is 11.4. The molecule has 1 N–H and O–H groups in total. The van der Waals surface area contributed by atoms with Gasteiger partial charge in [-0.25, -0.2) is 0 Å². The van der Waals surface area contributed by atoms with E-state index < -0.39 is 0 Å².